The van der Waals surface area contributed by atoms with Gasteiger partial charge in [-0.25, -0.2) is 9.67 Å². The van der Waals surface area contributed by atoms with Gasteiger partial charge in [0.1, 0.15) is 18.3 Å². The lowest BCUT2D eigenvalue weighted by atomic mass is 10.2. The summed E-state index contributed by atoms with van der Waals surface area (Å²) in [4.78, 5) is 18.7. The predicted octanol–water partition coefficient (Wildman–Crippen LogP) is 1.08. The Labute approximate surface area is 141 Å². The van der Waals surface area contributed by atoms with Crippen molar-refractivity contribution in [2.75, 3.05) is 13.1 Å². The molecule has 0 spiro atoms. The summed E-state index contributed by atoms with van der Waals surface area (Å²) in [5.74, 6) is -0.140. The highest BCUT2D eigenvalue weighted by Gasteiger charge is 2.21. The molecule has 0 unspecified atom stereocenters. The van der Waals surface area contributed by atoms with E-state index >= 15 is 0 Å². The first-order valence-electron chi connectivity index (χ1n) is 8.47. The summed E-state index contributed by atoms with van der Waals surface area (Å²) < 4.78 is 3.70. The lowest BCUT2D eigenvalue weighted by Gasteiger charge is -2.23. The van der Waals surface area contributed by atoms with Crippen LogP contribution in [0.15, 0.2) is 18.7 Å². The molecule has 0 aliphatic carbocycles. The first-order chi connectivity index (χ1) is 11.5. The molecule has 1 atom stereocenters. The fraction of sp³-hybridized carbons (Fsp3) is 0.625. The molecule has 3 rings (SSSR count). The zero-order chi connectivity index (χ0) is 17.1. The fourth-order valence-electron chi connectivity index (χ4n) is 2.91. The van der Waals surface area contributed by atoms with Gasteiger partial charge < -0.3 is 5.32 Å². The Bertz CT molecular complexity index is 677. The summed E-state index contributed by atoms with van der Waals surface area (Å²) in [6.07, 6.45) is 4.19. The van der Waals surface area contributed by atoms with E-state index in [1.165, 1.54) is 6.33 Å². The lowest BCUT2D eigenvalue weighted by molar-refractivity contribution is 0.0942. The van der Waals surface area contributed by atoms with Gasteiger partial charge in [0, 0.05) is 32.2 Å². The summed E-state index contributed by atoms with van der Waals surface area (Å²) in [5.41, 5.74) is 1.59. The van der Waals surface area contributed by atoms with Gasteiger partial charge in [-0.05, 0) is 33.3 Å². The van der Waals surface area contributed by atoms with Crippen LogP contribution in [0.25, 0.3) is 0 Å². The van der Waals surface area contributed by atoms with Gasteiger partial charge in [-0.15, -0.1) is 0 Å². The molecule has 1 N–H and O–H groups in total. The highest BCUT2D eigenvalue weighted by Crippen LogP contribution is 2.16. The fourth-order valence-corrected chi connectivity index (χ4v) is 2.91. The van der Waals surface area contributed by atoms with Crippen LogP contribution >= 0.6 is 0 Å². The Morgan fingerprint density at radius 2 is 2.17 bits per heavy atom. The third kappa shape index (κ3) is 3.64. The third-order valence-electron chi connectivity index (χ3n) is 4.45. The average molecular weight is 331 g/mol. The van der Waals surface area contributed by atoms with Crippen molar-refractivity contribution in [2.45, 2.75) is 52.4 Å². The van der Waals surface area contributed by atoms with Crippen molar-refractivity contribution in [3.63, 3.8) is 0 Å². The SMILES string of the molecule is CC(C)N1CCCn2nc(C(=O)NC[C@H](C)n3cncn3)cc2C1. The molecule has 1 aliphatic heterocycles. The molecule has 0 saturated carbocycles. The van der Waals surface area contributed by atoms with E-state index < -0.39 is 0 Å². The largest absolute Gasteiger partial charge is 0.349 e. The van der Waals surface area contributed by atoms with E-state index in [0.717, 1.165) is 31.7 Å². The number of carbonyl (C=O) groups is 1. The molecule has 0 radical (unpaired) electrons. The highest BCUT2D eigenvalue weighted by molar-refractivity contribution is 5.92. The van der Waals surface area contributed by atoms with Crippen molar-refractivity contribution in [1.82, 2.24) is 34.8 Å². The maximum atomic E-state index is 12.4. The number of carbonyl (C=O) groups excluding carboxylic acids is 1. The second-order valence-corrected chi connectivity index (χ2v) is 6.60. The molecular formula is C16H25N7O. The molecule has 8 heteroatoms. The van der Waals surface area contributed by atoms with E-state index in [0.29, 0.717) is 18.3 Å². The Balaban J connectivity index is 1.63. The molecule has 130 valence electrons. The van der Waals surface area contributed by atoms with Crippen LogP contribution < -0.4 is 5.32 Å². The molecular weight excluding hydrogens is 306 g/mol. The summed E-state index contributed by atoms with van der Waals surface area (Å²) in [7, 11) is 0. The van der Waals surface area contributed by atoms with Crippen molar-refractivity contribution in [3.05, 3.63) is 30.1 Å². The molecule has 2 aromatic heterocycles. The molecule has 8 nitrogen and oxygen atoms in total. The molecule has 1 amide bonds. The van der Waals surface area contributed by atoms with E-state index in [2.05, 4.69) is 39.2 Å². The normalized spacial score (nSPS) is 16.7. The van der Waals surface area contributed by atoms with Crippen LogP contribution in [0, 0.1) is 0 Å². The number of fused-ring (bicyclic) bond motifs is 1. The van der Waals surface area contributed by atoms with E-state index in [1.807, 2.05) is 17.7 Å². The maximum Gasteiger partial charge on any atom is 0.271 e. The van der Waals surface area contributed by atoms with Crippen LogP contribution in [0.1, 0.15) is 49.4 Å². The first-order valence-corrected chi connectivity index (χ1v) is 8.47. The van der Waals surface area contributed by atoms with Gasteiger partial charge in [-0.1, -0.05) is 0 Å². The molecule has 2 aromatic rings. The second-order valence-electron chi connectivity index (χ2n) is 6.60. The van der Waals surface area contributed by atoms with Crippen LogP contribution in [-0.4, -0.2) is 54.5 Å². The van der Waals surface area contributed by atoms with E-state index in [1.54, 1.807) is 11.0 Å². The molecule has 3 heterocycles. The second kappa shape index (κ2) is 7.12. The minimum atomic E-state index is -0.140. The summed E-state index contributed by atoms with van der Waals surface area (Å²) >= 11 is 0. The van der Waals surface area contributed by atoms with Crippen molar-refractivity contribution in [3.8, 4) is 0 Å². The molecule has 24 heavy (non-hydrogen) atoms. The van der Waals surface area contributed by atoms with Crippen molar-refractivity contribution >= 4 is 5.91 Å². The molecule has 0 saturated heterocycles. The zero-order valence-electron chi connectivity index (χ0n) is 14.5. The molecule has 1 aliphatic rings. The van der Waals surface area contributed by atoms with Crippen LogP contribution in [0.2, 0.25) is 0 Å². The summed E-state index contributed by atoms with van der Waals surface area (Å²) in [5, 5.41) is 11.5. The van der Waals surface area contributed by atoms with Gasteiger partial charge >= 0.3 is 0 Å². The molecule has 0 fully saturated rings. The topological polar surface area (TPSA) is 80.9 Å². The zero-order valence-corrected chi connectivity index (χ0v) is 14.5. The van der Waals surface area contributed by atoms with Crippen molar-refractivity contribution in [1.29, 1.82) is 0 Å². The van der Waals surface area contributed by atoms with Crippen molar-refractivity contribution in [2.24, 2.45) is 0 Å². The Morgan fingerprint density at radius 1 is 1.33 bits per heavy atom. The summed E-state index contributed by atoms with van der Waals surface area (Å²) in [6.45, 7) is 9.64. The first kappa shape index (κ1) is 16.6. The third-order valence-corrected chi connectivity index (χ3v) is 4.45. The van der Waals surface area contributed by atoms with E-state index in [-0.39, 0.29) is 11.9 Å². The van der Waals surface area contributed by atoms with Gasteiger partial charge in [-0.2, -0.15) is 10.2 Å². The van der Waals surface area contributed by atoms with Crippen LogP contribution in [0.4, 0.5) is 0 Å². The smallest absolute Gasteiger partial charge is 0.271 e. The van der Waals surface area contributed by atoms with Gasteiger partial charge in [0.15, 0.2) is 0 Å². The maximum absolute atomic E-state index is 12.4. The summed E-state index contributed by atoms with van der Waals surface area (Å²) in [6, 6.07) is 2.46. The van der Waals surface area contributed by atoms with Crippen molar-refractivity contribution < 1.29 is 4.79 Å². The van der Waals surface area contributed by atoms with Crippen LogP contribution in [0.5, 0.6) is 0 Å². The predicted molar refractivity (Wildman–Crippen MR) is 89.5 cm³/mol. The highest BCUT2D eigenvalue weighted by atomic mass is 16.1. The van der Waals surface area contributed by atoms with Gasteiger partial charge in [0.25, 0.3) is 5.91 Å². The van der Waals surface area contributed by atoms with Gasteiger partial charge in [0.05, 0.1) is 11.7 Å². The monoisotopic (exact) mass is 331 g/mol. The van der Waals surface area contributed by atoms with Crippen LogP contribution in [0.3, 0.4) is 0 Å². The number of nitrogens with zero attached hydrogens (tertiary/aromatic N) is 6. The minimum Gasteiger partial charge on any atom is -0.349 e. The number of hydrogen-bond acceptors (Lipinski definition) is 5. The molecule has 0 aromatic carbocycles. The number of nitrogens with one attached hydrogen (secondary N) is 1. The van der Waals surface area contributed by atoms with Gasteiger partial charge in [0.2, 0.25) is 0 Å². The van der Waals surface area contributed by atoms with E-state index in [9.17, 15) is 4.79 Å². The number of amides is 1. The number of rotatable bonds is 5. The quantitative estimate of drug-likeness (QED) is 0.887. The van der Waals surface area contributed by atoms with Gasteiger partial charge in [-0.3, -0.25) is 14.4 Å². The van der Waals surface area contributed by atoms with E-state index in [4.69, 9.17) is 0 Å². The lowest BCUT2D eigenvalue weighted by Crippen LogP contribution is -2.31. The standard InChI is InChI=1S/C16H25N7O/c1-12(2)21-5-4-6-22-14(9-21)7-15(20-22)16(24)18-8-13(3)23-11-17-10-19-23/h7,10-13H,4-6,8-9H2,1-3H3,(H,18,24)/t13-/m0/s1. The number of aryl methyl sites for hydroxylation is 1. The number of aromatic nitrogens is 5. The Morgan fingerprint density at radius 3 is 2.88 bits per heavy atom. The minimum absolute atomic E-state index is 0.0494. The Hall–Kier alpha value is -2.22. The average Bonchev–Trinajstić information content (AvgIpc) is 3.18. The van der Waals surface area contributed by atoms with Crippen LogP contribution in [-0.2, 0) is 13.1 Å². The number of hydrogen-bond donors (Lipinski definition) is 1. The molecule has 0 bridgehead atoms. The Kier molecular flexibility index (Phi) is 4.94.